The summed E-state index contributed by atoms with van der Waals surface area (Å²) in [5, 5.41) is 8.45. The normalized spacial score (nSPS) is 13.2. The van der Waals surface area contributed by atoms with Crippen LogP contribution in [0.25, 0.3) is 71.3 Å². The van der Waals surface area contributed by atoms with Gasteiger partial charge in [-0.2, -0.15) is 0 Å². The summed E-state index contributed by atoms with van der Waals surface area (Å²) in [6, 6.07) is 56.8. The highest BCUT2D eigenvalue weighted by Crippen LogP contribution is 2.53. The minimum atomic E-state index is -3.42. The SMILES string of the molecule is C/C(=C\C(=C/N)P(=O)(c1ccc2ccccc2c1)c1ccc2ccccc2c1)c1ccc2oc3ccc(-c4ccc5c(c4)-c4ccccc4C5)cc3c2c1. The van der Waals surface area contributed by atoms with Crippen molar-refractivity contribution >= 4 is 66.8 Å². The van der Waals surface area contributed by atoms with Gasteiger partial charge in [-0.05, 0) is 128 Å². The second-order valence-corrected chi connectivity index (χ2v) is 17.1. The van der Waals surface area contributed by atoms with Crippen molar-refractivity contribution in [2.75, 3.05) is 0 Å². The van der Waals surface area contributed by atoms with Crippen LogP contribution in [0.3, 0.4) is 0 Å². The van der Waals surface area contributed by atoms with Crippen molar-refractivity contribution in [1.29, 1.82) is 0 Å². The van der Waals surface area contributed by atoms with Crippen LogP contribution in [0.15, 0.2) is 186 Å². The highest BCUT2D eigenvalue weighted by molar-refractivity contribution is 7.82. The summed E-state index contributed by atoms with van der Waals surface area (Å²) in [7, 11) is -3.42. The van der Waals surface area contributed by atoms with E-state index >= 15 is 4.57 Å². The minimum absolute atomic E-state index is 0.586. The van der Waals surface area contributed by atoms with E-state index in [0.29, 0.717) is 5.31 Å². The lowest BCUT2D eigenvalue weighted by atomic mass is 9.97. The number of allylic oxidation sites excluding steroid dienone is 3. The fourth-order valence-corrected chi connectivity index (χ4v) is 10.9. The van der Waals surface area contributed by atoms with Gasteiger partial charge in [0.25, 0.3) is 0 Å². The number of fused-ring (bicyclic) bond motifs is 8. The van der Waals surface area contributed by atoms with Crippen molar-refractivity contribution in [2.45, 2.75) is 13.3 Å². The minimum Gasteiger partial charge on any atom is -0.456 e. The second-order valence-electron chi connectivity index (χ2n) is 14.3. The smallest absolute Gasteiger partial charge is 0.172 e. The van der Waals surface area contributed by atoms with Crippen molar-refractivity contribution < 1.29 is 8.98 Å². The van der Waals surface area contributed by atoms with Gasteiger partial charge in [0.1, 0.15) is 11.2 Å². The van der Waals surface area contributed by atoms with Gasteiger partial charge in [0.2, 0.25) is 0 Å². The molecule has 0 saturated heterocycles. The molecule has 0 fully saturated rings. The maximum atomic E-state index is 15.9. The molecule has 258 valence electrons. The largest absolute Gasteiger partial charge is 0.456 e. The molecule has 0 radical (unpaired) electrons. The van der Waals surface area contributed by atoms with Crippen LogP contribution < -0.4 is 16.3 Å². The Morgan fingerprint density at radius 2 is 1.15 bits per heavy atom. The van der Waals surface area contributed by atoms with E-state index in [1.807, 2.05) is 48.5 Å². The zero-order valence-electron chi connectivity index (χ0n) is 29.8. The highest BCUT2D eigenvalue weighted by atomic mass is 31.2. The predicted molar refractivity (Wildman–Crippen MR) is 228 cm³/mol. The molecule has 0 bridgehead atoms. The number of nitrogens with two attached hydrogens (primary N) is 1. The molecule has 9 aromatic rings. The lowest BCUT2D eigenvalue weighted by molar-refractivity contribution is 0.591. The number of hydrogen-bond donors (Lipinski definition) is 1. The van der Waals surface area contributed by atoms with E-state index in [1.54, 1.807) is 0 Å². The Kier molecular flexibility index (Phi) is 7.54. The fraction of sp³-hybridized carbons (Fsp3) is 0.0400. The van der Waals surface area contributed by atoms with Gasteiger partial charge in [-0.3, -0.25) is 0 Å². The Balaban J connectivity index is 1.07. The van der Waals surface area contributed by atoms with E-state index in [2.05, 4.69) is 128 Å². The molecule has 0 aliphatic heterocycles. The number of rotatable bonds is 6. The second kappa shape index (κ2) is 12.6. The molecule has 0 saturated carbocycles. The topological polar surface area (TPSA) is 56.2 Å². The summed E-state index contributed by atoms with van der Waals surface area (Å²) >= 11 is 0. The first-order valence-corrected chi connectivity index (χ1v) is 20.0. The summed E-state index contributed by atoms with van der Waals surface area (Å²) in [5.74, 6) is 0. The zero-order valence-corrected chi connectivity index (χ0v) is 30.7. The first kappa shape index (κ1) is 32.3. The molecular formula is C50H36NO2P. The Labute approximate surface area is 314 Å². The van der Waals surface area contributed by atoms with Gasteiger partial charge in [-0.15, -0.1) is 0 Å². The van der Waals surface area contributed by atoms with E-state index < -0.39 is 7.14 Å². The standard InChI is InChI=1S/C50H36NO2P/c1-32(24-44(31-51)54(52,42-20-16-33-8-2-4-10-36(33)26-42)43-21-17-34-9-3-5-11-37(34)27-43)35-18-22-49-47(28-35)48-30-39(19-23-50(48)53-49)38-14-15-41-25-40-12-6-7-13-45(40)46(41)29-38/h2-24,26-31H,25,51H2,1H3/b32-24+,44-31+. The van der Waals surface area contributed by atoms with Crippen LogP contribution in [0.1, 0.15) is 23.6 Å². The quantitative estimate of drug-likeness (QED) is 0.138. The Hall–Kier alpha value is -6.41. The van der Waals surface area contributed by atoms with Gasteiger partial charge in [-0.1, -0.05) is 121 Å². The van der Waals surface area contributed by atoms with Crippen molar-refractivity contribution in [3.05, 3.63) is 198 Å². The molecule has 0 atom stereocenters. The first-order valence-electron chi connectivity index (χ1n) is 18.3. The van der Waals surface area contributed by atoms with E-state index in [1.165, 1.54) is 34.0 Å². The summed E-state index contributed by atoms with van der Waals surface area (Å²) in [6.45, 7) is 2.06. The Morgan fingerprint density at radius 1 is 0.574 bits per heavy atom. The fourth-order valence-electron chi connectivity index (χ4n) is 8.25. The van der Waals surface area contributed by atoms with Gasteiger partial charge < -0.3 is 14.7 Å². The molecule has 1 heterocycles. The molecule has 8 aromatic carbocycles. The molecule has 0 unspecified atom stereocenters. The summed E-state index contributed by atoms with van der Waals surface area (Å²) in [6.07, 6.45) is 4.51. The first-order chi connectivity index (χ1) is 26.5. The number of furan rings is 1. The third-order valence-corrected chi connectivity index (χ3v) is 14.2. The van der Waals surface area contributed by atoms with Gasteiger partial charge in [0.15, 0.2) is 7.14 Å². The van der Waals surface area contributed by atoms with Gasteiger partial charge in [0, 0.05) is 32.9 Å². The number of benzene rings is 8. The molecular weight excluding hydrogens is 678 g/mol. The van der Waals surface area contributed by atoms with Crippen molar-refractivity contribution in [2.24, 2.45) is 5.73 Å². The van der Waals surface area contributed by atoms with Crippen molar-refractivity contribution in [3.8, 4) is 22.3 Å². The third kappa shape index (κ3) is 5.23. The maximum absolute atomic E-state index is 15.9. The van der Waals surface area contributed by atoms with E-state index in [9.17, 15) is 0 Å². The third-order valence-electron chi connectivity index (χ3n) is 11.1. The molecule has 4 heteroatoms. The van der Waals surface area contributed by atoms with E-state index in [-0.39, 0.29) is 0 Å². The van der Waals surface area contributed by atoms with Gasteiger partial charge in [-0.25, -0.2) is 0 Å². The van der Waals surface area contributed by atoms with Crippen LogP contribution in [-0.4, -0.2) is 0 Å². The monoisotopic (exact) mass is 713 g/mol. The maximum Gasteiger partial charge on any atom is 0.172 e. The molecule has 0 spiro atoms. The van der Waals surface area contributed by atoms with E-state index in [4.69, 9.17) is 10.2 Å². The molecule has 3 nitrogen and oxygen atoms in total. The van der Waals surface area contributed by atoms with Crippen LogP contribution in [0.4, 0.5) is 0 Å². The molecule has 54 heavy (non-hydrogen) atoms. The summed E-state index contributed by atoms with van der Waals surface area (Å²) in [4.78, 5) is 0. The molecule has 10 rings (SSSR count). The highest BCUT2D eigenvalue weighted by Gasteiger charge is 2.32. The van der Waals surface area contributed by atoms with Gasteiger partial charge >= 0.3 is 0 Å². The molecule has 1 aromatic heterocycles. The molecule has 2 N–H and O–H groups in total. The van der Waals surface area contributed by atoms with Crippen molar-refractivity contribution in [1.82, 2.24) is 0 Å². The van der Waals surface area contributed by atoms with Crippen LogP contribution in [0.2, 0.25) is 0 Å². The predicted octanol–water partition coefficient (Wildman–Crippen LogP) is 12.3. The zero-order chi connectivity index (χ0) is 36.4. The molecule has 1 aliphatic rings. The van der Waals surface area contributed by atoms with Crippen LogP contribution in [0.5, 0.6) is 0 Å². The van der Waals surface area contributed by atoms with Crippen LogP contribution >= 0.6 is 7.14 Å². The lowest BCUT2D eigenvalue weighted by Gasteiger charge is -2.22. The Morgan fingerprint density at radius 3 is 1.85 bits per heavy atom. The van der Waals surface area contributed by atoms with Crippen LogP contribution in [0, 0.1) is 0 Å². The van der Waals surface area contributed by atoms with E-state index in [0.717, 1.165) is 77.2 Å². The average Bonchev–Trinajstić information content (AvgIpc) is 3.79. The van der Waals surface area contributed by atoms with Crippen molar-refractivity contribution in [3.63, 3.8) is 0 Å². The summed E-state index contributed by atoms with van der Waals surface area (Å²) in [5.41, 5.74) is 17.8. The van der Waals surface area contributed by atoms with Gasteiger partial charge in [0.05, 0.1) is 0 Å². The van der Waals surface area contributed by atoms with Crippen LogP contribution in [-0.2, 0) is 11.0 Å². The molecule has 0 amide bonds. The number of hydrogen-bond acceptors (Lipinski definition) is 3. The lowest BCUT2D eigenvalue weighted by Crippen LogP contribution is -2.18. The Bertz CT molecular complexity index is 3010. The summed E-state index contributed by atoms with van der Waals surface area (Å²) < 4.78 is 22.2. The molecule has 1 aliphatic carbocycles. The average molecular weight is 714 g/mol.